The Morgan fingerprint density at radius 3 is 1.27 bits per heavy atom. The molecule has 0 atom stereocenters. The van der Waals surface area contributed by atoms with Crippen molar-refractivity contribution < 1.29 is 0 Å². The third-order valence-electron chi connectivity index (χ3n) is 2.01. The van der Waals surface area contributed by atoms with Crippen molar-refractivity contribution in [1.82, 2.24) is 0 Å². The van der Waals surface area contributed by atoms with Gasteiger partial charge in [0.05, 0.1) is 0 Å². The van der Waals surface area contributed by atoms with Crippen LogP contribution in [0.25, 0.3) is 0 Å². The van der Waals surface area contributed by atoms with E-state index in [-0.39, 0.29) is 0 Å². The average Bonchev–Trinajstić information content (AvgIpc) is 1.88. The fourth-order valence-electron chi connectivity index (χ4n) is 1.67. The van der Waals surface area contributed by atoms with E-state index in [0.717, 1.165) is 0 Å². The van der Waals surface area contributed by atoms with E-state index < -0.39 is 13.8 Å². The molecule has 0 aliphatic carbocycles. The molecule has 0 aromatic carbocycles. The Hall–Kier alpha value is 0.518. The van der Waals surface area contributed by atoms with Gasteiger partial charge in [0, 0.05) is 0 Å². The van der Waals surface area contributed by atoms with Gasteiger partial charge in [0.1, 0.15) is 0 Å². The molecule has 0 spiro atoms. The van der Waals surface area contributed by atoms with Gasteiger partial charge in [-0.25, -0.2) is 0 Å². The minimum atomic E-state index is -1.58. The van der Waals surface area contributed by atoms with Gasteiger partial charge in [-0.1, -0.05) is 0 Å². The summed E-state index contributed by atoms with van der Waals surface area (Å²) in [7, 11) is 0. The molecule has 0 bridgehead atoms. The van der Waals surface area contributed by atoms with E-state index in [2.05, 4.69) is 20.8 Å². The first kappa shape index (κ1) is 11.5. The molecule has 0 aromatic heterocycles. The van der Waals surface area contributed by atoms with Crippen LogP contribution in [0.3, 0.4) is 0 Å². The van der Waals surface area contributed by atoms with Crippen molar-refractivity contribution in [3.05, 3.63) is 0 Å². The van der Waals surface area contributed by atoms with Gasteiger partial charge in [-0.3, -0.25) is 0 Å². The van der Waals surface area contributed by atoms with E-state index in [1.807, 2.05) is 0 Å². The molecule has 11 heavy (non-hydrogen) atoms. The van der Waals surface area contributed by atoms with Gasteiger partial charge in [-0.15, -0.1) is 0 Å². The van der Waals surface area contributed by atoms with Crippen molar-refractivity contribution in [3.63, 3.8) is 0 Å². The topological polar surface area (TPSA) is 26.0 Å². The van der Waals surface area contributed by atoms with Gasteiger partial charge in [0.2, 0.25) is 0 Å². The molecule has 0 saturated heterocycles. The van der Waals surface area contributed by atoms with E-state index >= 15 is 0 Å². The summed E-state index contributed by atoms with van der Waals surface area (Å²) < 4.78 is 6.40. The SMILES string of the molecule is CCC[As+](N)(CCC)CCC. The van der Waals surface area contributed by atoms with Crippen molar-refractivity contribution >= 4 is 13.8 Å². The molecule has 0 radical (unpaired) electrons. The summed E-state index contributed by atoms with van der Waals surface area (Å²) in [4.78, 5) is 0. The Kier molecular flexibility index (Phi) is 6.37. The van der Waals surface area contributed by atoms with Crippen LogP contribution in [0.4, 0.5) is 0 Å². The standard InChI is InChI=1S/C9H23AsN/c1-4-7-10(11,8-5-2)9-6-3/h4-9,11H2,1-3H3/q+1. The molecule has 0 rings (SSSR count). The van der Waals surface area contributed by atoms with Gasteiger partial charge in [-0.2, -0.15) is 0 Å². The second-order valence-corrected chi connectivity index (χ2v) is 11.3. The molecule has 0 aliphatic heterocycles. The summed E-state index contributed by atoms with van der Waals surface area (Å²) in [5.41, 5.74) is 0. The number of hydrogen-bond donors (Lipinski definition) is 1. The van der Waals surface area contributed by atoms with Gasteiger partial charge >= 0.3 is 74.1 Å². The molecular formula is C9H23AsN+. The van der Waals surface area contributed by atoms with Gasteiger partial charge < -0.3 is 0 Å². The van der Waals surface area contributed by atoms with Crippen molar-refractivity contribution in [2.75, 3.05) is 0 Å². The zero-order chi connectivity index (χ0) is 8.74. The molecule has 0 fully saturated rings. The van der Waals surface area contributed by atoms with E-state index in [1.54, 1.807) is 0 Å². The maximum absolute atomic E-state index is 6.40. The molecule has 2 heteroatoms. The van der Waals surface area contributed by atoms with Crippen LogP contribution in [-0.4, -0.2) is 13.8 Å². The zero-order valence-electron chi connectivity index (χ0n) is 8.27. The fraction of sp³-hybridized carbons (Fsp3) is 1.00. The first-order valence-electron chi connectivity index (χ1n) is 4.83. The summed E-state index contributed by atoms with van der Waals surface area (Å²) in [6.45, 7) is 6.77. The monoisotopic (exact) mass is 220 g/mol. The minimum absolute atomic E-state index is 1.30. The molecule has 0 aromatic rings. The molecular weight excluding hydrogens is 197 g/mol. The molecule has 2 N–H and O–H groups in total. The Bertz CT molecular complexity index is 76.5. The maximum atomic E-state index is 6.40. The van der Waals surface area contributed by atoms with E-state index in [1.165, 1.54) is 34.9 Å². The van der Waals surface area contributed by atoms with E-state index in [0.29, 0.717) is 0 Å². The third kappa shape index (κ3) is 4.87. The van der Waals surface area contributed by atoms with Crippen LogP contribution in [0.2, 0.25) is 15.6 Å². The number of rotatable bonds is 6. The summed E-state index contributed by atoms with van der Waals surface area (Å²) in [6.07, 6.45) is 3.89. The third-order valence-corrected chi connectivity index (χ3v) is 10.4. The molecule has 0 unspecified atom stereocenters. The van der Waals surface area contributed by atoms with Crippen molar-refractivity contribution in [1.29, 1.82) is 0 Å². The molecule has 68 valence electrons. The predicted molar refractivity (Wildman–Crippen MR) is 55.2 cm³/mol. The zero-order valence-corrected chi connectivity index (χ0v) is 10.1. The molecule has 0 amide bonds. The van der Waals surface area contributed by atoms with Crippen LogP contribution in [0.1, 0.15) is 40.0 Å². The Morgan fingerprint density at radius 2 is 1.09 bits per heavy atom. The second-order valence-electron chi connectivity index (χ2n) is 3.39. The molecule has 0 saturated carbocycles. The second kappa shape index (κ2) is 6.08. The Labute approximate surface area is 74.4 Å². The first-order chi connectivity index (χ1) is 5.18. The van der Waals surface area contributed by atoms with E-state index in [9.17, 15) is 0 Å². The van der Waals surface area contributed by atoms with Crippen LogP contribution in [0.15, 0.2) is 0 Å². The Balaban J connectivity index is 3.79. The van der Waals surface area contributed by atoms with Crippen LogP contribution < -0.4 is 4.65 Å². The summed E-state index contributed by atoms with van der Waals surface area (Å²) in [6, 6.07) is 0. The molecule has 1 nitrogen and oxygen atoms in total. The summed E-state index contributed by atoms with van der Waals surface area (Å²) >= 11 is -1.58. The van der Waals surface area contributed by atoms with Gasteiger partial charge in [0.25, 0.3) is 0 Å². The predicted octanol–water partition coefficient (Wildman–Crippen LogP) is 3.12. The number of nitrogens with two attached hydrogens (primary N) is 1. The van der Waals surface area contributed by atoms with Crippen LogP contribution in [-0.2, 0) is 0 Å². The van der Waals surface area contributed by atoms with Crippen molar-refractivity contribution in [2.24, 2.45) is 4.65 Å². The van der Waals surface area contributed by atoms with Crippen molar-refractivity contribution in [2.45, 2.75) is 55.7 Å². The average molecular weight is 220 g/mol. The summed E-state index contributed by atoms with van der Waals surface area (Å²) in [5.74, 6) is 0. The number of hydrogen-bond acceptors (Lipinski definition) is 1. The van der Waals surface area contributed by atoms with Crippen molar-refractivity contribution in [3.8, 4) is 0 Å². The normalized spacial score (nSPS) is 12.0. The molecule has 0 heterocycles. The van der Waals surface area contributed by atoms with Crippen LogP contribution in [0, 0.1) is 0 Å². The molecule has 0 aliphatic rings. The van der Waals surface area contributed by atoms with Gasteiger partial charge in [0.15, 0.2) is 0 Å². The van der Waals surface area contributed by atoms with Gasteiger partial charge in [-0.05, 0) is 0 Å². The van der Waals surface area contributed by atoms with E-state index in [4.69, 9.17) is 4.65 Å². The van der Waals surface area contributed by atoms with Crippen LogP contribution >= 0.6 is 0 Å². The first-order valence-corrected chi connectivity index (χ1v) is 9.89. The van der Waals surface area contributed by atoms with Crippen LogP contribution in [0.5, 0.6) is 0 Å². The fourth-order valence-corrected chi connectivity index (χ4v) is 8.68. The quantitative estimate of drug-likeness (QED) is 0.684. The Morgan fingerprint density at radius 1 is 0.818 bits per heavy atom. The summed E-state index contributed by atoms with van der Waals surface area (Å²) in [5, 5.41) is 4.08.